The molecule has 2 N–H and O–H groups in total. The lowest BCUT2D eigenvalue weighted by molar-refractivity contribution is 0.231. The number of hydrogen-bond donors (Lipinski definition) is 2. The highest BCUT2D eigenvalue weighted by Gasteiger charge is 2.23. The van der Waals surface area contributed by atoms with Gasteiger partial charge in [-0.05, 0) is 32.4 Å². The smallest absolute Gasteiger partial charge is 0.111 e. The van der Waals surface area contributed by atoms with Gasteiger partial charge in [-0.15, -0.1) is 0 Å². The fourth-order valence-corrected chi connectivity index (χ4v) is 2.78. The molecular weight excluding hydrogens is 226 g/mol. The van der Waals surface area contributed by atoms with Gasteiger partial charge < -0.3 is 15.0 Å². The maximum Gasteiger partial charge on any atom is 0.111 e. The Morgan fingerprint density at radius 2 is 2.33 bits per heavy atom. The molecule has 0 aliphatic carbocycles. The molecule has 1 aromatic heterocycles. The minimum absolute atomic E-state index is 0.125. The van der Waals surface area contributed by atoms with E-state index in [2.05, 4.69) is 35.8 Å². The molecule has 0 radical (unpaired) electrons. The molecular formula is C14H25N3O. The van der Waals surface area contributed by atoms with Crippen LogP contribution in [0.4, 0.5) is 0 Å². The van der Waals surface area contributed by atoms with E-state index >= 15 is 0 Å². The fourth-order valence-electron chi connectivity index (χ4n) is 2.78. The van der Waals surface area contributed by atoms with Crippen LogP contribution in [0.5, 0.6) is 0 Å². The molecule has 1 fully saturated rings. The van der Waals surface area contributed by atoms with Crippen LogP contribution in [0.25, 0.3) is 0 Å². The zero-order valence-corrected chi connectivity index (χ0v) is 11.7. The second-order valence-electron chi connectivity index (χ2n) is 5.86. The number of piperidine rings is 1. The van der Waals surface area contributed by atoms with Gasteiger partial charge in [0.1, 0.15) is 5.82 Å². The van der Waals surface area contributed by atoms with Gasteiger partial charge in [-0.2, -0.15) is 0 Å². The van der Waals surface area contributed by atoms with Gasteiger partial charge in [0, 0.05) is 30.3 Å². The summed E-state index contributed by atoms with van der Waals surface area (Å²) in [6.07, 6.45) is 4.45. The predicted octanol–water partition coefficient (Wildman–Crippen LogP) is 1.95. The monoisotopic (exact) mass is 251 g/mol. The van der Waals surface area contributed by atoms with Crippen LogP contribution in [0.2, 0.25) is 0 Å². The van der Waals surface area contributed by atoms with Crippen molar-refractivity contribution in [3.05, 3.63) is 17.7 Å². The van der Waals surface area contributed by atoms with E-state index in [9.17, 15) is 5.11 Å². The average molecular weight is 251 g/mol. The van der Waals surface area contributed by atoms with Crippen molar-refractivity contribution in [3.8, 4) is 0 Å². The molecule has 2 unspecified atom stereocenters. The summed E-state index contributed by atoms with van der Waals surface area (Å²) in [6.45, 7) is 6.71. The number of imidazole rings is 1. The first-order valence-electron chi connectivity index (χ1n) is 6.96. The molecule has 0 bridgehead atoms. The summed E-state index contributed by atoms with van der Waals surface area (Å²) >= 11 is 0. The van der Waals surface area contributed by atoms with E-state index < -0.39 is 0 Å². The third-order valence-electron chi connectivity index (χ3n) is 4.03. The van der Waals surface area contributed by atoms with Crippen molar-refractivity contribution in [2.45, 2.75) is 38.5 Å². The summed E-state index contributed by atoms with van der Waals surface area (Å²) in [4.78, 5) is 10.3. The first kappa shape index (κ1) is 13.6. The van der Waals surface area contributed by atoms with Gasteiger partial charge in [0.15, 0.2) is 0 Å². The van der Waals surface area contributed by atoms with Crippen LogP contribution < -0.4 is 0 Å². The van der Waals surface area contributed by atoms with Crippen LogP contribution in [0.15, 0.2) is 6.20 Å². The van der Waals surface area contributed by atoms with Crippen LogP contribution in [0.1, 0.15) is 50.0 Å². The molecule has 0 spiro atoms. The Hall–Kier alpha value is -0.870. The Morgan fingerprint density at radius 3 is 2.94 bits per heavy atom. The van der Waals surface area contributed by atoms with Gasteiger partial charge in [0.25, 0.3) is 0 Å². The number of nitrogens with one attached hydrogen (secondary N) is 1. The van der Waals surface area contributed by atoms with Gasteiger partial charge in [-0.25, -0.2) is 4.98 Å². The molecule has 102 valence electrons. The number of aliphatic hydroxyl groups is 1. The van der Waals surface area contributed by atoms with Crippen molar-refractivity contribution >= 4 is 0 Å². The number of aliphatic hydroxyl groups excluding tert-OH is 1. The molecule has 0 amide bonds. The third kappa shape index (κ3) is 2.93. The van der Waals surface area contributed by atoms with E-state index in [4.69, 9.17) is 0 Å². The van der Waals surface area contributed by atoms with E-state index in [0.717, 1.165) is 12.4 Å². The molecule has 0 saturated carbocycles. The van der Waals surface area contributed by atoms with E-state index in [1.54, 1.807) is 0 Å². The molecule has 1 aliphatic heterocycles. The molecule has 0 aromatic carbocycles. The zero-order valence-electron chi connectivity index (χ0n) is 11.7. The summed E-state index contributed by atoms with van der Waals surface area (Å²) < 4.78 is 0. The van der Waals surface area contributed by atoms with Crippen molar-refractivity contribution in [3.63, 3.8) is 0 Å². The molecule has 4 heteroatoms. The van der Waals surface area contributed by atoms with E-state index in [-0.39, 0.29) is 12.5 Å². The van der Waals surface area contributed by atoms with E-state index in [0.29, 0.717) is 11.8 Å². The number of nitrogens with zero attached hydrogens (tertiary/aromatic N) is 2. The number of likely N-dealkylation sites (tertiary alicyclic amines) is 1. The third-order valence-corrected chi connectivity index (χ3v) is 4.03. The largest absolute Gasteiger partial charge is 0.396 e. The Bertz CT molecular complexity index is 375. The van der Waals surface area contributed by atoms with Crippen LogP contribution in [-0.4, -0.2) is 46.7 Å². The maximum absolute atomic E-state index is 9.44. The van der Waals surface area contributed by atoms with Gasteiger partial charge in [-0.3, -0.25) is 0 Å². The molecule has 18 heavy (non-hydrogen) atoms. The summed E-state index contributed by atoms with van der Waals surface area (Å²) in [5, 5.41) is 9.44. The molecule has 1 aromatic rings. The first-order chi connectivity index (χ1) is 8.61. The molecule has 2 heterocycles. The van der Waals surface area contributed by atoms with Gasteiger partial charge in [0.2, 0.25) is 0 Å². The first-order valence-corrected chi connectivity index (χ1v) is 6.96. The molecule has 2 atom stereocenters. The van der Waals surface area contributed by atoms with Crippen molar-refractivity contribution < 1.29 is 5.11 Å². The van der Waals surface area contributed by atoms with Gasteiger partial charge in [-0.1, -0.05) is 13.8 Å². The highest BCUT2D eigenvalue weighted by molar-refractivity contribution is 5.12. The summed E-state index contributed by atoms with van der Waals surface area (Å²) in [5.41, 5.74) is 1.23. The number of H-pyrrole nitrogens is 1. The maximum atomic E-state index is 9.44. The van der Waals surface area contributed by atoms with Gasteiger partial charge in [0.05, 0.1) is 6.61 Å². The van der Waals surface area contributed by atoms with Crippen molar-refractivity contribution in [1.82, 2.24) is 14.9 Å². The van der Waals surface area contributed by atoms with Crippen molar-refractivity contribution in [2.75, 3.05) is 26.7 Å². The fraction of sp³-hybridized carbons (Fsp3) is 0.786. The summed E-state index contributed by atoms with van der Waals surface area (Å²) in [6, 6.07) is 0. The standard InChI is InChI=1S/C14H25N3O/c1-10(2)12(9-18)14-15-7-13(16-14)11-5-4-6-17(3)8-11/h7,10-12,18H,4-6,8-9H2,1-3H3,(H,15,16). The summed E-state index contributed by atoms with van der Waals surface area (Å²) in [5.74, 6) is 2.04. The summed E-state index contributed by atoms with van der Waals surface area (Å²) in [7, 11) is 2.17. The minimum atomic E-state index is 0.125. The number of aromatic amines is 1. The van der Waals surface area contributed by atoms with Crippen LogP contribution in [-0.2, 0) is 0 Å². The lowest BCUT2D eigenvalue weighted by Crippen LogP contribution is -2.31. The SMILES string of the molecule is CC(C)C(CO)c1ncc(C2CCCN(C)C2)[nH]1. The molecule has 1 saturated heterocycles. The number of aromatic nitrogens is 2. The number of likely N-dealkylation sites (N-methyl/N-ethyl adjacent to an activating group) is 1. The topological polar surface area (TPSA) is 52.2 Å². The van der Waals surface area contributed by atoms with E-state index in [1.165, 1.54) is 25.1 Å². The van der Waals surface area contributed by atoms with Gasteiger partial charge >= 0.3 is 0 Å². The minimum Gasteiger partial charge on any atom is -0.396 e. The lowest BCUT2D eigenvalue weighted by atomic mass is 9.95. The highest BCUT2D eigenvalue weighted by atomic mass is 16.3. The Morgan fingerprint density at radius 1 is 1.56 bits per heavy atom. The number of rotatable bonds is 4. The number of hydrogen-bond acceptors (Lipinski definition) is 3. The Labute approximate surface area is 109 Å². The highest BCUT2D eigenvalue weighted by Crippen LogP contribution is 2.27. The molecule has 1 aliphatic rings. The second-order valence-corrected chi connectivity index (χ2v) is 5.86. The quantitative estimate of drug-likeness (QED) is 0.860. The Kier molecular flexibility index (Phi) is 4.40. The lowest BCUT2D eigenvalue weighted by Gasteiger charge is -2.28. The Balaban J connectivity index is 2.09. The van der Waals surface area contributed by atoms with Crippen LogP contribution >= 0.6 is 0 Å². The molecule has 4 nitrogen and oxygen atoms in total. The predicted molar refractivity (Wildman–Crippen MR) is 72.7 cm³/mol. The van der Waals surface area contributed by atoms with Crippen molar-refractivity contribution in [2.24, 2.45) is 5.92 Å². The second kappa shape index (κ2) is 5.85. The normalized spacial score (nSPS) is 23.5. The zero-order chi connectivity index (χ0) is 13.1. The van der Waals surface area contributed by atoms with Crippen molar-refractivity contribution in [1.29, 1.82) is 0 Å². The molecule has 2 rings (SSSR count). The van der Waals surface area contributed by atoms with Crippen LogP contribution in [0, 0.1) is 5.92 Å². The van der Waals surface area contributed by atoms with E-state index in [1.807, 2.05) is 6.20 Å². The van der Waals surface area contributed by atoms with Crippen LogP contribution in [0.3, 0.4) is 0 Å². The average Bonchev–Trinajstić information content (AvgIpc) is 2.79.